The number of aromatic nitrogens is 2. The van der Waals surface area contributed by atoms with Crippen molar-refractivity contribution in [3.05, 3.63) is 107 Å². The van der Waals surface area contributed by atoms with Crippen molar-refractivity contribution in [2.24, 2.45) is 28.3 Å². The molecule has 0 radical (unpaired) electrons. The number of rotatable bonds is 19. The largest absolute Gasteiger partial charge is 0.508 e. The Balaban J connectivity index is 0.000000311. The van der Waals surface area contributed by atoms with Gasteiger partial charge in [-0.25, -0.2) is 27.1 Å². The number of carboxylic acids is 1. The predicted molar refractivity (Wildman–Crippen MR) is 320 cm³/mol. The Hall–Kier alpha value is -6.70. The first kappa shape index (κ1) is 67.8. The lowest BCUT2D eigenvalue weighted by Crippen LogP contribution is -2.60. The summed E-state index contributed by atoms with van der Waals surface area (Å²) in [5.74, 6) is -0.634. The Morgan fingerprint density at radius 3 is 2.16 bits per heavy atom. The number of nitrogens with zero attached hydrogens (tertiary/aromatic N) is 6. The number of nitrogens with two attached hydrogens (primary N) is 2. The van der Waals surface area contributed by atoms with Crippen LogP contribution in [-0.2, 0) is 19.6 Å². The fourth-order valence-electron chi connectivity index (χ4n) is 9.33. The van der Waals surface area contributed by atoms with Gasteiger partial charge in [0, 0.05) is 79.1 Å². The van der Waals surface area contributed by atoms with Crippen LogP contribution in [0, 0.1) is 30.0 Å². The van der Waals surface area contributed by atoms with E-state index in [1.165, 1.54) is 61.2 Å². The molecule has 1 aromatic heterocycles. The number of guanidine groups is 2. The van der Waals surface area contributed by atoms with Crippen LogP contribution in [0.15, 0.2) is 88.8 Å². The number of hydrogen-bond acceptors (Lipinski definition) is 14. The molecule has 3 aromatic carbocycles. The van der Waals surface area contributed by atoms with Gasteiger partial charge in [0.15, 0.2) is 5.96 Å². The Morgan fingerprint density at radius 1 is 0.963 bits per heavy atom. The van der Waals surface area contributed by atoms with Crippen LogP contribution in [0.2, 0.25) is 0 Å². The molecule has 1 aliphatic carbocycles. The minimum Gasteiger partial charge on any atom is -0.508 e. The van der Waals surface area contributed by atoms with Crippen molar-refractivity contribution < 1.29 is 52.7 Å². The van der Waals surface area contributed by atoms with E-state index in [-0.39, 0.29) is 59.4 Å². The lowest BCUT2D eigenvalue weighted by Gasteiger charge is -2.47. The molecule has 0 spiro atoms. The summed E-state index contributed by atoms with van der Waals surface area (Å²) < 4.78 is 38.6. The zero-order valence-electron chi connectivity index (χ0n) is 48.6. The van der Waals surface area contributed by atoms with Crippen LogP contribution in [0.1, 0.15) is 113 Å². The van der Waals surface area contributed by atoms with Crippen molar-refractivity contribution in [3.63, 3.8) is 0 Å². The molecule has 0 unspecified atom stereocenters. The van der Waals surface area contributed by atoms with Crippen LogP contribution in [0.5, 0.6) is 5.75 Å². The lowest BCUT2D eigenvalue weighted by atomic mass is 9.72. The van der Waals surface area contributed by atoms with Gasteiger partial charge in [0.1, 0.15) is 11.6 Å². The van der Waals surface area contributed by atoms with E-state index < -0.39 is 52.6 Å². The molecule has 6 rings (SSSR count). The van der Waals surface area contributed by atoms with Crippen molar-refractivity contribution in [1.29, 1.82) is 5.41 Å². The van der Waals surface area contributed by atoms with Crippen LogP contribution in [0.25, 0.3) is 17.3 Å². The normalized spacial score (nSPS) is 17.8. The van der Waals surface area contributed by atoms with Gasteiger partial charge in [-0.1, -0.05) is 69.5 Å². The molecule has 1 saturated carbocycles. The van der Waals surface area contributed by atoms with Crippen LogP contribution in [-0.4, -0.2) is 166 Å². The maximum absolute atomic E-state index is 13.5. The third-order valence-electron chi connectivity index (χ3n) is 13.7. The topological polar surface area (TPSA) is 334 Å². The van der Waals surface area contributed by atoms with Crippen LogP contribution >= 0.6 is 11.8 Å². The molecular weight excluding hydrogens is 1090 g/mol. The van der Waals surface area contributed by atoms with Crippen LogP contribution in [0.3, 0.4) is 0 Å². The highest BCUT2D eigenvalue weighted by atomic mass is 32.2. The molecule has 12 N–H and O–H groups in total. The molecule has 0 bridgehead atoms. The number of aliphatic hydroxyl groups excluding tert-OH is 3. The van der Waals surface area contributed by atoms with E-state index in [4.69, 9.17) is 22.0 Å². The molecule has 2 fully saturated rings. The molecule has 2 aliphatic rings. The summed E-state index contributed by atoms with van der Waals surface area (Å²) >= 11 is 1.57. The average molecular weight is 1180 g/mol. The second-order valence-corrected chi connectivity index (χ2v) is 25.3. The van der Waals surface area contributed by atoms with Gasteiger partial charge in [0.25, 0.3) is 5.91 Å². The number of anilines is 1. The minimum absolute atomic E-state index is 0.0124. The molecule has 2 amide bonds. The summed E-state index contributed by atoms with van der Waals surface area (Å²) in [4.78, 5) is 54.5. The number of amides is 2. The van der Waals surface area contributed by atoms with E-state index in [1.807, 2.05) is 65.0 Å². The quantitative estimate of drug-likeness (QED) is 0.0296. The second-order valence-electron chi connectivity index (χ2n) is 22.2. The van der Waals surface area contributed by atoms with E-state index in [9.17, 15) is 47.6 Å². The van der Waals surface area contributed by atoms with Gasteiger partial charge < -0.3 is 52.5 Å². The SMILES string of the molecule is CC(C)c1nc(N(C)S(C)(=O)=O)nc(-c2ccc(F)cc2)c1/C=C/[C@@H](O)C[C@@H](O)CC(=O)O.CN(C)C(=N)N=C(N)N.Cc1c(O)cccc1C(=O)N[C@@H](CSc1ccccc1)[C@H](O)CN1C[C@H]2CCCC[C@H]2C[C@H]1C(=O)NC(C)(C)C. The number of halogens is 1. The number of nitrogens with one attached hydrogen (secondary N) is 3. The molecule has 1 aliphatic heterocycles. The molecular formula is C58H84FN11O10S2. The summed E-state index contributed by atoms with van der Waals surface area (Å²) in [6, 6.07) is 19.4. The monoisotopic (exact) mass is 1180 g/mol. The predicted octanol–water partition coefficient (Wildman–Crippen LogP) is 5.91. The Bertz CT molecular complexity index is 2940. The zero-order chi connectivity index (χ0) is 61.2. The van der Waals surface area contributed by atoms with Crippen molar-refractivity contribution in [2.75, 3.05) is 50.5 Å². The Morgan fingerprint density at radius 2 is 1.60 bits per heavy atom. The maximum atomic E-state index is 13.5. The van der Waals surface area contributed by atoms with Crippen molar-refractivity contribution in [3.8, 4) is 17.0 Å². The number of β-amino-alcohol motifs (C(OH)–C–C–N with tert-alkyl or cyclic N) is 1. The van der Waals surface area contributed by atoms with Gasteiger partial charge in [-0.05, 0) is 107 Å². The third kappa shape index (κ3) is 21.6. The highest BCUT2D eigenvalue weighted by molar-refractivity contribution is 7.99. The number of carbonyl (C=O) groups is 3. The second kappa shape index (κ2) is 31.1. The van der Waals surface area contributed by atoms with Crippen molar-refractivity contribution in [2.45, 2.75) is 133 Å². The molecule has 2 heterocycles. The number of hydrogen-bond donors (Lipinski definition) is 10. The fraction of sp³-hybridized carbons (Fsp3) is 0.500. The smallest absolute Gasteiger partial charge is 0.305 e. The molecule has 82 heavy (non-hydrogen) atoms. The van der Waals surface area contributed by atoms with E-state index in [2.05, 4.69) is 30.5 Å². The van der Waals surface area contributed by atoms with Crippen LogP contribution < -0.4 is 26.4 Å². The van der Waals surface area contributed by atoms with E-state index in [1.54, 1.807) is 51.0 Å². The highest BCUT2D eigenvalue weighted by Crippen LogP contribution is 2.39. The first-order valence-electron chi connectivity index (χ1n) is 27.1. The number of fused-ring (bicyclic) bond motifs is 1. The third-order valence-corrected chi connectivity index (χ3v) is 16.0. The summed E-state index contributed by atoms with van der Waals surface area (Å²) in [5, 5.41) is 63.8. The number of aliphatic carboxylic acids is 1. The minimum atomic E-state index is -3.65. The first-order valence-corrected chi connectivity index (χ1v) is 29.9. The number of phenols is 1. The number of phenolic OH excluding ortho intramolecular Hbond substituents is 1. The number of carbonyl (C=O) groups excluding carboxylic acids is 2. The van der Waals surface area contributed by atoms with E-state index in [0.717, 1.165) is 41.3 Å². The number of aliphatic hydroxyl groups is 3. The Kier molecular flexibility index (Phi) is 25.7. The molecule has 7 atom stereocenters. The summed E-state index contributed by atoms with van der Waals surface area (Å²) in [6.07, 6.45) is 5.53. The molecule has 4 aromatic rings. The molecule has 21 nitrogen and oxygen atoms in total. The zero-order valence-corrected chi connectivity index (χ0v) is 50.2. The fourth-order valence-corrected chi connectivity index (χ4v) is 10.7. The number of likely N-dealkylation sites (tertiary alicyclic amines) is 1. The number of thioether (sulfide) groups is 1. The Labute approximate surface area is 486 Å². The number of sulfonamides is 1. The number of benzene rings is 3. The van der Waals surface area contributed by atoms with Gasteiger partial charge in [0.2, 0.25) is 27.8 Å². The van der Waals surface area contributed by atoms with Gasteiger partial charge in [-0.2, -0.15) is 4.99 Å². The van der Waals surface area contributed by atoms with E-state index >= 15 is 0 Å². The summed E-state index contributed by atoms with van der Waals surface area (Å²) in [6.45, 7) is 12.5. The van der Waals surface area contributed by atoms with Crippen LogP contribution in [0.4, 0.5) is 10.3 Å². The van der Waals surface area contributed by atoms with Crippen molar-refractivity contribution >= 4 is 63.5 Å². The van der Waals surface area contributed by atoms with Gasteiger partial charge in [-0.15, -0.1) is 11.8 Å². The first-order chi connectivity index (χ1) is 38.3. The highest BCUT2D eigenvalue weighted by Gasteiger charge is 2.42. The molecule has 24 heteroatoms. The number of carboxylic acid groups (broad SMARTS) is 1. The number of piperidine rings is 1. The summed E-state index contributed by atoms with van der Waals surface area (Å²) in [7, 11) is 1.05. The summed E-state index contributed by atoms with van der Waals surface area (Å²) in [5.41, 5.74) is 12.3. The molecule has 450 valence electrons. The maximum Gasteiger partial charge on any atom is 0.305 e. The lowest BCUT2D eigenvalue weighted by molar-refractivity contribution is -0.139. The number of aliphatic imine (C=N–C) groups is 1. The van der Waals surface area contributed by atoms with Gasteiger partial charge >= 0.3 is 5.97 Å². The van der Waals surface area contributed by atoms with E-state index in [0.29, 0.717) is 57.8 Å². The number of aromatic hydroxyl groups is 1. The standard InChI is InChI=1S/C32H45N3O4S.C22H28FN3O6S.C4H11N5/c1-21-25(15-10-16-28(21)36)30(38)33-26(20-40-24-13-6-5-7-14-24)29(37)19-35-18-23-12-9-8-11-22(23)17-27(35)31(39)34-32(2,3)4;1-13(2)20-18(10-9-16(27)11-17(28)12-19(29)30)21(14-5-7-15(23)8-6-14)25-22(24-20)26(3)33(4,31)32;1-9(2)4(7)8-3(5)6/h5-7,10,13-16,22-23,26-27,29,36-37H,8-9,11-12,17-20H2,1-4H3,(H,33,38)(H,34,39);5-10,13,16-17,27-28H,11-12H2,1-4H3,(H,29,30);1-2H3,(H5,5,6,7,8)/b;10-9+;/t22-,23+,26-,27-,29+;16-,17-;/m01./s1. The van der Waals surface area contributed by atoms with Gasteiger partial charge in [-0.3, -0.25) is 24.7 Å². The molecule has 1 saturated heterocycles. The van der Waals surface area contributed by atoms with Gasteiger partial charge in [0.05, 0.1) is 54.5 Å². The van der Waals surface area contributed by atoms with Crippen molar-refractivity contribution in [1.82, 2.24) is 30.4 Å². The average Bonchev–Trinajstić information content (AvgIpc) is 3.46.